The van der Waals surface area contributed by atoms with Crippen LogP contribution in [0.25, 0.3) is 32.7 Å². The van der Waals surface area contributed by atoms with Crippen molar-refractivity contribution in [3.63, 3.8) is 0 Å². The van der Waals surface area contributed by atoms with Crippen molar-refractivity contribution in [1.82, 2.24) is 39.6 Å². The molecule has 8 nitrogen and oxygen atoms in total. The summed E-state index contributed by atoms with van der Waals surface area (Å²) in [6.07, 6.45) is 3.78. The van der Waals surface area contributed by atoms with Gasteiger partial charge >= 0.3 is 0 Å². The van der Waals surface area contributed by atoms with Crippen LogP contribution >= 0.6 is 45.9 Å². The summed E-state index contributed by atoms with van der Waals surface area (Å²) in [5.74, 6) is 1.45. The molecule has 12 heteroatoms. The Hall–Kier alpha value is -2.92. The third kappa shape index (κ3) is 4.18. The molecular formula is C22H16Cl2N8S2. The normalized spacial score (nSPS) is 11.7. The van der Waals surface area contributed by atoms with E-state index < -0.39 is 0 Å². The number of benzene rings is 2. The van der Waals surface area contributed by atoms with Gasteiger partial charge in [0.25, 0.3) is 0 Å². The Kier molecular flexibility index (Phi) is 5.74. The van der Waals surface area contributed by atoms with Gasteiger partial charge in [0.05, 0.1) is 0 Å². The molecule has 0 spiro atoms. The minimum atomic E-state index is 0.689. The molecular weight excluding hydrogens is 511 g/mol. The standard InChI is InChI=1S/C22H16Cl2N8S2/c23-15-9-5-13(6-10-15)19-25-27-21-31(19)29-17(33-21)3-1-2-4-18-30-32-20(26-28-22(32)34-18)14-7-11-16(24)12-8-14/h5-12H,1-4H2. The van der Waals surface area contributed by atoms with E-state index in [1.54, 1.807) is 22.7 Å². The zero-order chi connectivity index (χ0) is 23.1. The number of unbranched alkanes of at least 4 members (excludes halogenated alkanes) is 1. The lowest BCUT2D eigenvalue weighted by Gasteiger charge is -1.98. The molecule has 6 aromatic rings. The Balaban J connectivity index is 1.10. The van der Waals surface area contributed by atoms with Crippen LogP contribution < -0.4 is 0 Å². The Morgan fingerprint density at radius 3 is 1.41 bits per heavy atom. The van der Waals surface area contributed by atoms with Gasteiger partial charge in [-0.25, -0.2) is 0 Å². The molecule has 0 radical (unpaired) electrons. The maximum Gasteiger partial charge on any atom is 0.234 e. The van der Waals surface area contributed by atoms with Crippen LogP contribution in [0.2, 0.25) is 10.0 Å². The van der Waals surface area contributed by atoms with Crippen LogP contribution in [0.3, 0.4) is 0 Å². The molecule has 0 aliphatic heterocycles. The minimum absolute atomic E-state index is 0.689. The van der Waals surface area contributed by atoms with Crippen LogP contribution in [-0.4, -0.2) is 39.6 Å². The lowest BCUT2D eigenvalue weighted by atomic mass is 10.2. The molecule has 0 saturated heterocycles. The number of aromatic nitrogens is 8. The zero-order valence-electron chi connectivity index (χ0n) is 17.6. The van der Waals surface area contributed by atoms with E-state index in [0.29, 0.717) is 10.0 Å². The van der Waals surface area contributed by atoms with E-state index >= 15 is 0 Å². The molecule has 0 fully saturated rings. The molecule has 0 amide bonds. The van der Waals surface area contributed by atoms with E-state index in [0.717, 1.165) is 68.4 Å². The second-order valence-electron chi connectivity index (χ2n) is 7.65. The Bertz CT molecular complexity index is 1460. The Morgan fingerprint density at radius 1 is 0.588 bits per heavy atom. The van der Waals surface area contributed by atoms with Gasteiger partial charge in [0.15, 0.2) is 11.6 Å². The van der Waals surface area contributed by atoms with Crippen molar-refractivity contribution in [2.24, 2.45) is 0 Å². The smallest absolute Gasteiger partial charge is 0.183 e. The van der Waals surface area contributed by atoms with Crippen molar-refractivity contribution in [2.75, 3.05) is 0 Å². The average Bonchev–Trinajstić information content (AvgIpc) is 3.59. The molecule has 4 heterocycles. The van der Waals surface area contributed by atoms with Gasteiger partial charge in [-0.2, -0.15) is 19.2 Å². The minimum Gasteiger partial charge on any atom is -0.183 e. The van der Waals surface area contributed by atoms with Crippen LogP contribution in [0, 0.1) is 0 Å². The first-order valence-corrected chi connectivity index (χ1v) is 13.0. The second kappa shape index (κ2) is 9.03. The summed E-state index contributed by atoms with van der Waals surface area (Å²) in [4.78, 5) is 1.59. The molecule has 0 unspecified atom stereocenters. The first-order chi connectivity index (χ1) is 16.6. The highest BCUT2D eigenvalue weighted by atomic mass is 35.5. The molecule has 4 aromatic heterocycles. The summed E-state index contributed by atoms with van der Waals surface area (Å²) < 4.78 is 3.62. The van der Waals surface area contributed by atoms with E-state index in [9.17, 15) is 0 Å². The van der Waals surface area contributed by atoms with Gasteiger partial charge in [-0.1, -0.05) is 45.9 Å². The maximum atomic E-state index is 6.00. The van der Waals surface area contributed by atoms with Gasteiger partial charge in [-0.3, -0.25) is 0 Å². The fourth-order valence-electron chi connectivity index (χ4n) is 3.63. The number of nitrogens with zero attached hydrogens (tertiary/aromatic N) is 8. The highest BCUT2D eigenvalue weighted by Gasteiger charge is 2.15. The van der Waals surface area contributed by atoms with E-state index in [1.165, 1.54) is 0 Å². The number of aryl methyl sites for hydroxylation is 2. The average molecular weight is 527 g/mol. The summed E-state index contributed by atoms with van der Waals surface area (Å²) in [5.41, 5.74) is 1.88. The molecule has 6 rings (SSSR count). The van der Waals surface area contributed by atoms with Crippen LogP contribution in [-0.2, 0) is 12.8 Å². The fraction of sp³-hybridized carbons (Fsp3) is 0.182. The van der Waals surface area contributed by atoms with E-state index in [4.69, 9.17) is 33.4 Å². The summed E-state index contributed by atoms with van der Waals surface area (Å²) in [7, 11) is 0. The van der Waals surface area contributed by atoms with Crippen LogP contribution in [0.4, 0.5) is 0 Å². The molecule has 0 saturated carbocycles. The van der Waals surface area contributed by atoms with Gasteiger partial charge in [0, 0.05) is 34.0 Å². The van der Waals surface area contributed by atoms with Crippen molar-refractivity contribution >= 4 is 55.8 Å². The van der Waals surface area contributed by atoms with Crippen molar-refractivity contribution in [1.29, 1.82) is 0 Å². The molecule has 0 N–H and O–H groups in total. The lowest BCUT2D eigenvalue weighted by molar-refractivity contribution is 0.710. The van der Waals surface area contributed by atoms with Gasteiger partial charge in [-0.05, 0) is 61.4 Å². The van der Waals surface area contributed by atoms with Crippen LogP contribution in [0.15, 0.2) is 48.5 Å². The fourth-order valence-corrected chi connectivity index (χ4v) is 5.63. The molecule has 0 atom stereocenters. The summed E-state index contributed by atoms with van der Waals surface area (Å²) in [6.45, 7) is 0. The molecule has 2 aromatic carbocycles. The number of rotatable bonds is 7. The molecule has 0 bridgehead atoms. The Morgan fingerprint density at radius 2 is 1.00 bits per heavy atom. The number of hydrogen-bond donors (Lipinski definition) is 0. The van der Waals surface area contributed by atoms with Gasteiger partial charge in [0.2, 0.25) is 9.92 Å². The topological polar surface area (TPSA) is 86.2 Å². The Labute approximate surface area is 211 Å². The number of fused-ring (bicyclic) bond motifs is 2. The second-order valence-corrected chi connectivity index (χ2v) is 10.6. The first kappa shape index (κ1) is 21.6. The third-order valence-corrected chi connectivity index (χ3v) is 7.72. The first-order valence-electron chi connectivity index (χ1n) is 10.6. The van der Waals surface area contributed by atoms with Crippen molar-refractivity contribution in [3.05, 3.63) is 68.6 Å². The monoisotopic (exact) mass is 526 g/mol. The lowest BCUT2D eigenvalue weighted by Crippen LogP contribution is -1.95. The quantitative estimate of drug-likeness (QED) is 0.241. The third-order valence-electron chi connectivity index (χ3n) is 5.30. The van der Waals surface area contributed by atoms with Crippen molar-refractivity contribution < 1.29 is 0 Å². The maximum absolute atomic E-state index is 6.00. The van der Waals surface area contributed by atoms with E-state index in [2.05, 4.69) is 20.4 Å². The van der Waals surface area contributed by atoms with Gasteiger partial charge in [0.1, 0.15) is 10.0 Å². The van der Waals surface area contributed by atoms with Crippen LogP contribution in [0.5, 0.6) is 0 Å². The zero-order valence-corrected chi connectivity index (χ0v) is 20.7. The molecule has 0 aliphatic carbocycles. The SMILES string of the molecule is Clc1ccc(-c2nnc3sc(CCCCc4nn5c(-c6ccc(Cl)cc6)nnc5s4)nn23)cc1. The largest absolute Gasteiger partial charge is 0.234 e. The summed E-state index contributed by atoms with van der Waals surface area (Å²) >= 11 is 15.1. The van der Waals surface area contributed by atoms with E-state index in [-0.39, 0.29) is 0 Å². The molecule has 170 valence electrons. The summed E-state index contributed by atoms with van der Waals surface area (Å²) in [5, 5.41) is 30.0. The highest BCUT2D eigenvalue weighted by Crippen LogP contribution is 2.25. The van der Waals surface area contributed by atoms with Gasteiger partial charge in [-0.15, -0.1) is 20.4 Å². The number of halogens is 2. The predicted octanol–water partition coefficient (Wildman–Crippen LogP) is 5.89. The van der Waals surface area contributed by atoms with Crippen LogP contribution in [0.1, 0.15) is 22.9 Å². The molecule has 0 aliphatic rings. The van der Waals surface area contributed by atoms with Crippen molar-refractivity contribution in [3.8, 4) is 22.8 Å². The molecule has 34 heavy (non-hydrogen) atoms. The number of hydrogen-bond acceptors (Lipinski definition) is 8. The van der Waals surface area contributed by atoms with Crippen molar-refractivity contribution in [2.45, 2.75) is 25.7 Å². The predicted molar refractivity (Wildman–Crippen MR) is 135 cm³/mol. The van der Waals surface area contributed by atoms with E-state index in [1.807, 2.05) is 57.6 Å². The highest BCUT2D eigenvalue weighted by molar-refractivity contribution is 7.17. The van der Waals surface area contributed by atoms with Gasteiger partial charge < -0.3 is 0 Å². The summed E-state index contributed by atoms with van der Waals surface area (Å²) in [6, 6.07) is 15.1.